The van der Waals surface area contributed by atoms with Gasteiger partial charge >= 0.3 is 0 Å². The number of aliphatic hydroxyl groups is 1. The normalized spacial score (nSPS) is 12.1. The Kier molecular flexibility index (Phi) is 11.3. The molecule has 1 heterocycles. The largest absolute Gasteiger partial charge is 0.473 e. The van der Waals surface area contributed by atoms with E-state index in [0.29, 0.717) is 17.9 Å². The number of rotatable bonds is 11. The summed E-state index contributed by atoms with van der Waals surface area (Å²) in [6, 6.07) is 9.50. The summed E-state index contributed by atoms with van der Waals surface area (Å²) < 4.78 is 5.29. The van der Waals surface area contributed by atoms with Gasteiger partial charge in [-0.05, 0) is 53.0 Å². The van der Waals surface area contributed by atoms with Crippen molar-refractivity contribution in [1.29, 1.82) is 0 Å². The van der Waals surface area contributed by atoms with Gasteiger partial charge < -0.3 is 31.9 Å². The van der Waals surface area contributed by atoms with Crippen LogP contribution in [0.2, 0.25) is 0 Å². The molecule has 1 atom stereocenters. The maximum Gasteiger partial charge on any atom is 0.249 e. The van der Waals surface area contributed by atoms with Gasteiger partial charge in [0.1, 0.15) is 25.6 Å². The number of nitrogens with one attached hydrogen (secondary N) is 1. The minimum absolute atomic E-state index is 0. The molecule has 0 radical (unpaired) electrons. The molecule has 1 aromatic carbocycles. The minimum atomic E-state index is -0.955. The van der Waals surface area contributed by atoms with Crippen LogP contribution in [0.4, 0.5) is 11.5 Å². The third-order valence-corrected chi connectivity index (χ3v) is 4.33. The number of hydroxylamine groups is 1. The van der Waals surface area contributed by atoms with Crippen LogP contribution < -0.4 is 22.3 Å². The number of ether oxygens (including phenoxy) is 1. The lowest BCUT2D eigenvalue weighted by Crippen LogP contribution is -2.33. The Balaban J connectivity index is 0.00000512. The summed E-state index contributed by atoms with van der Waals surface area (Å²) >= 11 is 0. The van der Waals surface area contributed by atoms with E-state index in [1.165, 1.54) is 19.4 Å². The van der Waals surface area contributed by atoms with Gasteiger partial charge in [0, 0.05) is 24.2 Å². The molecule has 174 valence electrons. The molecule has 0 spiro atoms. The van der Waals surface area contributed by atoms with Crippen molar-refractivity contribution in [2.24, 2.45) is 10.9 Å². The van der Waals surface area contributed by atoms with E-state index in [0.717, 1.165) is 21.8 Å². The fourth-order valence-corrected chi connectivity index (χ4v) is 2.83. The number of pyridine rings is 1. The van der Waals surface area contributed by atoms with Crippen LogP contribution in [-0.4, -0.2) is 47.6 Å². The van der Waals surface area contributed by atoms with E-state index in [9.17, 15) is 10.3 Å². The van der Waals surface area contributed by atoms with Gasteiger partial charge in [-0.25, -0.2) is 4.98 Å². The molecule has 0 fully saturated rings. The Labute approximate surface area is 188 Å². The average molecular weight is 445 g/mol. The number of aliphatic hydroxyl groups excluding tert-OH is 1. The standard InChI is InChI=1S/C22H29N5O4.H3N/c1-4-16-12-17(18-7-9-21(25-13-18)24-11-10-23)6-8-20(16)27(29)14-19(28)15-31-22(5-2)26-30-3;/h5-13,19,28-29H,2,4,14-15,23H2,1,3H3,(H,24,25);1H3/b11-10-,26-22+;. The molecule has 0 aliphatic heterocycles. The van der Waals surface area contributed by atoms with Crippen molar-refractivity contribution in [1.82, 2.24) is 11.1 Å². The van der Waals surface area contributed by atoms with Crippen LogP contribution in [0.5, 0.6) is 0 Å². The molecular weight excluding hydrogens is 412 g/mol. The Bertz CT molecular complexity index is 902. The molecule has 32 heavy (non-hydrogen) atoms. The number of benzene rings is 1. The first-order chi connectivity index (χ1) is 15.0. The molecule has 0 saturated carbocycles. The zero-order chi connectivity index (χ0) is 22.6. The number of nitrogens with zero attached hydrogens (tertiary/aromatic N) is 3. The van der Waals surface area contributed by atoms with Gasteiger partial charge in [0.2, 0.25) is 5.90 Å². The molecule has 0 bridgehead atoms. The lowest BCUT2D eigenvalue weighted by atomic mass is 10.0. The number of aryl methyl sites for hydroxylation is 1. The van der Waals surface area contributed by atoms with E-state index in [-0.39, 0.29) is 25.2 Å². The smallest absolute Gasteiger partial charge is 0.249 e. The summed E-state index contributed by atoms with van der Waals surface area (Å²) in [5.41, 5.74) is 8.76. The van der Waals surface area contributed by atoms with Crippen molar-refractivity contribution in [2.75, 3.05) is 30.6 Å². The SMILES string of the molecule is C=C/C(=N\OC)OCC(O)CN(O)c1ccc(-c2ccc(N/C=C\N)nc2)cc1CC.N. The summed E-state index contributed by atoms with van der Waals surface area (Å²) in [4.78, 5) is 8.96. The van der Waals surface area contributed by atoms with Crippen molar-refractivity contribution in [3.8, 4) is 11.1 Å². The van der Waals surface area contributed by atoms with Gasteiger partial charge in [0.15, 0.2) is 0 Å². The van der Waals surface area contributed by atoms with E-state index in [1.807, 2.05) is 37.3 Å². The topological polar surface area (TPSA) is 160 Å². The minimum Gasteiger partial charge on any atom is -0.473 e. The fourth-order valence-electron chi connectivity index (χ4n) is 2.83. The molecular formula is C22H32N6O4. The first kappa shape index (κ1) is 26.4. The Morgan fingerprint density at radius 2 is 2.09 bits per heavy atom. The number of oxime groups is 1. The van der Waals surface area contributed by atoms with E-state index in [4.69, 9.17) is 10.5 Å². The molecule has 2 rings (SSSR count). The van der Waals surface area contributed by atoms with Gasteiger partial charge in [-0.1, -0.05) is 19.6 Å². The molecule has 10 nitrogen and oxygen atoms in total. The van der Waals surface area contributed by atoms with Gasteiger partial charge in [-0.15, -0.1) is 0 Å². The van der Waals surface area contributed by atoms with E-state index in [2.05, 4.69) is 26.9 Å². The summed E-state index contributed by atoms with van der Waals surface area (Å²) in [5, 5.41) is 28.3. The quantitative estimate of drug-likeness (QED) is 0.199. The second-order valence-electron chi connectivity index (χ2n) is 6.50. The van der Waals surface area contributed by atoms with Crippen molar-refractivity contribution in [2.45, 2.75) is 19.4 Å². The summed E-state index contributed by atoms with van der Waals surface area (Å²) in [6.45, 7) is 5.43. The molecule has 2 aromatic rings. The predicted octanol–water partition coefficient (Wildman–Crippen LogP) is 3.03. The van der Waals surface area contributed by atoms with Crippen LogP contribution in [0.1, 0.15) is 12.5 Å². The molecule has 0 amide bonds. The third kappa shape index (κ3) is 7.58. The highest BCUT2D eigenvalue weighted by atomic mass is 16.6. The number of anilines is 2. The van der Waals surface area contributed by atoms with Crippen molar-refractivity contribution >= 4 is 17.4 Å². The Morgan fingerprint density at radius 3 is 2.69 bits per heavy atom. The van der Waals surface area contributed by atoms with Gasteiger partial charge in [0.05, 0.1) is 12.2 Å². The molecule has 0 aliphatic carbocycles. The van der Waals surface area contributed by atoms with E-state index < -0.39 is 6.10 Å². The van der Waals surface area contributed by atoms with Crippen LogP contribution >= 0.6 is 0 Å². The van der Waals surface area contributed by atoms with Gasteiger partial charge in [0.25, 0.3) is 0 Å². The van der Waals surface area contributed by atoms with Crippen molar-refractivity contribution in [3.05, 3.63) is 67.1 Å². The first-order valence-electron chi connectivity index (χ1n) is 9.75. The van der Waals surface area contributed by atoms with Crippen LogP contribution in [0.25, 0.3) is 11.1 Å². The second kappa shape index (κ2) is 13.7. The summed E-state index contributed by atoms with van der Waals surface area (Å²) in [5.74, 6) is 0.837. The molecule has 0 aliphatic rings. The molecule has 1 unspecified atom stereocenters. The number of aromatic nitrogens is 1. The molecule has 8 N–H and O–H groups in total. The Hall–Kier alpha value is -3.60. The maximum atomic E-state index is 10.5. The van der Waals surface area contributed by atoms with Gasteiger partial charge in [-0.3, -0.25) is 10.3 Å². The number of hydrogen-bond donors (Lipinski definition) is 5. The lowest BCUT2D eigenvalue weighted by Gasteiger charge is -2.23. The van der Waals surface area contributed by atoms with Crippen LogP contribution in [0, 0.1) is 0 Å². The van der Waals surface area contributed by atoms with E-state index >= 15 is 0 Å². The molecule has 0 saturated heterocycles. The number of hydrogen-bond acceptors (Lipinski definition) is 10. The zero-order valence-electron chi connectivity index (χ0n) is 18.4. The van der Waals surface area contributed by atoms with Crippen molar-refractivity contribution < 1.29 is 19.9 Å². The zero-order valence-corrected chi connectivity index (χ0v) is 18.4. The second-order valence-corrected chi connectivity index (χ2v) is 6.50. The average Bonchev–Trinajstić information content (AvgIpc) is 2.80. The molecule has 10 heteroatoms. The van der Waals surface area contributed by atoms with Crippen LogP contribution in [0.3, 0.4) is 0 Å². The summed E-state index contributed by atoms with van der Waals surface area (Å²) in [6.07, 6.45) is 5.87. The fraction of sp³-hybridized carbons (Fsp3) is 0.273. The van der Waals surface area contributed by atoms with Crippen LogP contribution in [-0.2, 0) is 16.0 Å². The van der Waals surface area contributed by atoms with E-state index in [1.54, 1.807) is 12.4 Å². The first-order valence-corrected chi connectivity index (χ1v) is 9.75. The lowest BCUT2D eigenvalue weighted by molar-refractivity contribution is 0.0806. The predicted molar refractivity (Wildman–Crippen MR) is 127 cm³/mol. The summed E-state index contributed by atoms with van der Waals surface area (Å²) in [7, 11) is 1.38. The van der Waals surface area contributed by atoms with Gasteiger partial charge in [-0.2, -0.15) is 0 Å². The highest BCUT2D eigenvalue weighted by molar-refractivity contribution is 5.86. The van der Waals surface area contributed by atoms with Crippen LogP contribution in [0.15, 0.2) is 66.7 Å². The van der Waals surface area contributed by atoms with Crippen molar-refractivity contribution in [3.63, 3.8) is 0 Å². The highest BCUT2D eigenvalue weighted by Gasteiger charge is 2.15. The third-order valence-electron chi connectivity index (χ3n) is 4.33. The monoisotopic (exact) mass is 444 g/mol. The maximum absolute atomic E-state index is 10.5. The highest BCUT2D eigenvalue weighted by Crippen LogP contribution is 2.28. The Morgan fingerprint density at radius 1 is 1.34 bits per heavy atom. The molecule has 1 aromatic heterocycles. The number of nitrogens with two attached hydrogens (primary N) is 1.